The van der Waals surface area contributed by atoms with Crippen LogP contribution in [0.5, 0.6) is 0 Å². The smallest absolute Gasteiger partial charge is 0.239 e. The van der Waals surface area contributed by atoms with Gasteiger partial charge in [-0.1, -0.05) is 0 Å². The van der Waals surface area contributed by atoms with Crippen LogP contribution in [0.1, 0.15) is 26.7 Å². The Kier molecular flexibility index (Phi) is 3.91. The molecule has 0 aromatic rings. The average Bonchev–Trinajstić information content (AvgIpc) is 3.00. The molecule has 3 N–H and O–H groups in total. The molecule has 0 unspecified atom stereocenters. The van der Waals surface area contributed by atoms with Gasteiger partial charge in [0.1, 0.15) is 0 Å². The Balaban J connectivity index is 2.40. The fraction of sp³-hybridized carbons (Fsp3) is 0.818. The Bertz CT molecular complexity index is 285. The molecular weight excluding hydrogens is 206 g/mol. The third kappa shape index (κ3) is 3.48. The predicted molar refractivity (Wildman–Crippen MR) is 61.6 cm³/mol. The summed E-state index contributed by atoms with van der Waals surface area (Å²) in [6, 6.07) is 0.332. The largest absolute Gasteiger partial charge is 0.352 e. The fourth-order valence-electron chi connectivity index (χ4n) is 1.39. The van der Waals surface area contributed by atoms with E-state index in [4.69, 9.17) is 5.73 Å². The van der Waals surface area contributed by atoms with E-state index in [1.807, 2.05) is 0 Å². The van der Waals surface area contributed by atoms with E-state index in [0.29, 0.717) is 6.04 Å². The second kappa shape index (κ2) is 4.82. The zero-order valence-corrected chi connectivity index (χ0v) is 10.2. The van der Waals surface area contributed by atoms with Crippen LogP contribution in [-0.2, 0) is 9.59 Å². The zero-order valence-electron chi connectivity index (χ0n) is 10.2. The van der Waals surface area contributed by atoms with Gasteiger partial charge < -0.3 is 16.0 Å². The predicted octanol–water partition coefficient (Wildman–Crippen LogP) is -0.292. The maximum absolute atomic E-state index is 11.9. The van der Waals surface area contributed by atoms with Gasteiger partial charge in [-0.3, -0.25) is 9.59 Å². The Morgan fingerprint density at radius 2 is 2.00 bits per heavy atom. The Morgan fingerprint density at radius 3 is 2.44 bits per heavy atom. The summed E-state index contributed by atoms with van der Waals surface area (Å²) >= 11 is 0. The first-order valence-corrected chi connectivity index (χ1v) is 5.62. The monoisotopic (exact) mass is 227 g/mol. The van der Waals surface area contributed by atoms with Crippen LogP contribution in [0.2, 0.25) is 0 Å². The molecule has 1 aliphatic rings. The van der Waals surface area contributed by atoms with Crippen molar-refractivity contribution in [1.29, 1.82) is 0 Å². The minimum absolute atomic E-state index is 0.0915. The summed E-state index contributed by atoms with van der Waals surface area (Å²) in [6.45, 7) is 3.95. The number of nitrogens with zero attached hydrogens (tertiary/aromatic N) is 1. The number of likely N-dealkylation sites (N-methyl/N-ethyl adjacent to an activating group) is 1. The quantitative estimate of drug-likeness (QED) is 0.677. The highest BCUT2D eigenvalue weighted by atomic mass is 16.2. The van der Waals surface area contributed by atoms with Crippen LogP contribution in [0.25, 0.3) is 0 Å². The first-order chi connectivity index (χ1) is 7.36. The van der Waals surface area contributed by atoms with Crippen molar-refractivity contribution in [1.82, 2.24) is 10.2 Å². The van der Waals surface area contributed by atoms with Crippen LogP contribution in [0.15, 0.2) is 0 Å². The van der Waals surface area contributed by atoms with E-state index in [0.717, 1.165) is 12.8 Å². The zero-order chi connectivity index (χ0) is 12.3. The Labute approximate surface area is 96.4 Å². The second-order valence-electron chi connectivity index (χ2n) is 5.09. The lowest BCUT2D eigenvalue weighted by atomic mass is 9.92. The van der Waals surface area contributed by atoms with Crippen molar-refractivity contribution in [3.63, 3.8) is 0 Å². The van der Waals surface area contributed by atoms with E-state index < -0.39 is 5.41 Å². The summed E-state index contributed by atoms with van der Waals surface area (Å²) < 4.78 is 0. The minimum Gasteiger partial charge on any atom is -0.352 e. The molecule has 0 heterocycles. The van der Waals surface area contributed by atoms with Crippen molar-refractivity contribution in [2.24, 2.45) is 11.1 Å². The summed E-state index contributed by atoms with van der Waals surface area (Å²) in [4.78, 5) is 24.8. The lowest BCUT2D eigenvalue weighted by Crippen LogP contribution is -2.46. The summed E-state index contributed by atoms with van der Waals surface area (Å²) in [5.41, 5.74) is 4.92. The summed E-state index contributed by atoms with van der Waals surface area (Å²) in [5, 5.41) is 2.85. The minimum atomic E-state index is -0.603. The molecule has 0 aromatic carbocycles. The van der Waals surface area contributed by atoms with E-state index in [9.17, 15) is 9.59 Å². The number of carbonyl (C=O) groups is 2. The molecule has 5 nitrogen and oxygen atoms in total. The highest BCUT2D eigenvalue weighted by Gasteiger charge is 2.30. The van der Waals surface area contributed by atoms with Crippen LogP contribution in [0, 0.1) is 5.41 Å². The molecule has 0 aliphatic heterocycles. The highest BCUT2D eigenvalue weighted by Crippen LogP contribution is 2.19. The van der Waals surface area contributed by atoms with Crippen molar-refractivity contribution in [2.75, 3.05) is 20.1 Å². The highest BCUT2D eigenvalue weighted by molar-refractivity contribution is 5.87. The van der Waals surface area contributed by atoms with Crippen molar-refractivity contribution < 1.29 is 9.59 Å². The number of rotatable bonds is 5. The summed E-state index contributed by atoms with van der Waals surface area (Å²) in [6.07, 6.45) is 2.11. The van der Waals surface area contributed by atoms with Gasteiger partial charge in [0, 0.05) is 19.6 Å². The lowest BCUT2D eigenvalue weighted by molar-refractivity contribution is -0.141. The van der Waals surface area contributed by atoms with Crippen molar-refractivity contribution in [3.05, 3.63) is 0 Å². The fourth-order valence-corrected chi connectivity index (χ4v) is 1.39. The van der Waals surface area contributed by atoms with Gasteiger partial charge in [-0.15, -0.1) is 0 Å². The average molecular weight is 227 g/mol. The van der Waals surface area contributed by atoms with Crippen LogP contribution in [0.4, 0.5) is 0 Å². The van der Waals surface area contributed by atoms with Gasteiger partial charge >= 0.3 is 0 Å². The molecule has 0 atom stereocenters. The van der Waals surface area contributed by atoms with Crippen molar-refractivity contribution >= 4 is 11.8 Å². The van der Waals surface area contributed by atoms with Gasteiger partial charge in [0.05, 0.1) is 12.0 Å². The number of nitrogens with one attached hydrogen (secondary N) is 1. The molecule has 1 fully saturated rings. The number of hydrogen-bond acceptors (Lipinski definition) is 3. The third-order valence-electron chi connectivity index (χ3n) is 2.76. The maximum Gasteiger partial charge on any atom is 0.239 e. The summed E-state index contributed by atoms with van der Waals surface area (Å²) in [7, 11) is 1.63. The molecule has 92 valence electrons. The van der Waals surface area contributed by atoms with Crippen LogP contribution >= 0.6 is 0 Å². The van der Waals surface area contributed by atoms with Gasteiger partial charge in [0.25, 0.3) is 0 Å². The number of amides is 2. The first kappa shape index (κ1) is 13.0. The standard InChI is InChI=1S/C11H21N3O2/c1-11(2,7-12)10(16)14(3)6-9(15)13-8-4-5-8/h8H,4-7,12H2,1-3H3,(H,13,15). The molecule has 1 aliphatic carbocycles. The molecule has 1 rings (SSSR count). The Hall–Kier alpha value is -1.10. The normalized spacial score (nSPS) is 15.8. The molecule has 2 amide bonds. The van der Waals surface area contributed by atoms with E-state index >= 15 is 0 Å². The van der Waals surface area contributed by atoms with Gasteiger partial charge in [0.15, 0.2) is 0 Å². The van der Waals surface area contributed by atoms with E-state index in [1.165, 1.54) is 4.90 Å². The molecule has 0 saturated heterocycles. The van der Waals surface area contributed by atoms with Crippen LogP contribution < -0.4 is 11.1 Å². The van der Waals surface area contributed by atoms with E-state index in [2.05, 4.69) is 5.32 Å². The summed E-state index contributed by atoms with van der Waals surface area (Å²) in [5.74, 6) is -0.188. The molecule has 0 bridgehead atoms. The van der Waals surface area contributed by atoms with Crippen LogP contribution in [0.3, 0.4) is 0 Å². The molecule has 0 radical (unpaired) electrons. The number of carbonyl (C=O) groups excluding carboxylic acids is 2. The molecule has 5 heteroatoms. The third-order valence-corrected chi connectivity index (χ3v) is 2.76. The topological polar surface area (TPSA) is 75.4 Å². The molecular formula is C11H21N3O2. The number of nitrogens with two attached hydrogens (primary N) is 1. The van der Waals surface area contributed by atoms with E-state index in [-0.39, 0.29) is 24.9 Å². The SMILES string of the molecule is CN(CC(=O)NC1CC1)C(=O)C(C)(C)CN. The van der Waals surface area contributed by atoms with Gasteiger partial charge in [-0.05, 0) is 26.7 Å². The van der Waals surface area contributed by atoms with Gasteiger partial charge in [-0.2, -0.15) is 0 Å². The second-order valence-corrected chi connectivity index (χ2v) is 5.09. The van der Waals surface area contributed by atoms with Crippen molar-refractivity contribution in [3.8, 4) is 0 Å². The molecule has 0 spiro atoms. The van der Waals surface area contributed by atoms with Crippen molar-refractivity contribution in [2.45, 2.75) is 32.7 Å². The lowest BCUT2D eigenvalue weighted by Gasteiger charge is -2.27. The van der Waals surface area contributed by atoms with Gasteiger partial charge in [-0.25, -0.2) is 0 Å². The number of hydrogen-bond donors (Lipinski definition) is 2. The first-order valence-electron chi connectivity index (χ1n) is 5.62. The maximum atomic E-state index is 11.9. The van der Waals surface area contributed by atoms with Gasteiger partial charge in [0.2, 0.25) is 11.8 Å². The Morgan fingerprint density at radius 1 is 1.44 bits per heavy atom. The molecule has 16 heavy (non-hydrogen) atoms. The molecule has 0 aromatic heterocycles. The van der Waals surface area contributed by atoms with Crippen LogP contribution in [-0.4, -0.2) is 42.9 Å². The molecule has 1 saturated carbocycles. The van der Waals surface area contributed by atoms with E-state index in [1.54, 1.807) is 20.9 Å².